The zero-order valence-corrected chi connectivity index (χ0v) is 14.2. The van der Waals surface area contributed by atoms with E-state index in [-0.39, 0.29) is 25.3 Å². The molecule has 0 aromatic heterocycles. The van der Waals surface area contributed by atoms with Crippen molar-refractivity contribution in [3.63, 3.8) is 0 Å². The molecule has 0 spiro atoms. The van der Waals surface area contributed by atoms with Gasteiger partial charge < -0.3 is 10.0 Å². The van der Waals surface area contributed by atoms with E-state index >= 15 is 0 Å². The highest BCUT2D eigenvalue weighted by atomic mass is 32.2. The predicted molar refractivity (Wildman–Crippen MR) is 86.7 cm³/mol. The molecule has 134 valence electrons. The van der Waals surface area contributed by atoms with E-state index in [1.54, 1.807) is 11.9 Å². The van der Waals surface area contributed by atoms with E-state index in [4.69, 9.17) is 5.11 Å². The number of nitrogens with one attached hydrogen (secondary N) is 1. The number of hydrogen-bond acceptors (Lipinski definition) is 7. The predicted octanol–water partition coefficient (Wildman–Crippen LogP) is -0.575. The number of benzene rings is 1. The Hall–Kier alpha value is -2.08. The molecule has 1 rings (SSSR count). The van der Waals surface area contributed by atoms with Crippen LogP contribution in [0.3, 0.4) is 0 Å². The lowest BCUT2D eigenvalue weighted by Gasteiger charge is -2.24. The van der Waals surface area contributed by atoms with E-state index in [9.17, 15) is 23.3 Å². The van der Waals surface area contributed by atoms with E-state index < -0.39 is 26.7 Å². The van der Waals surface area contributed by atoms with Crippen molar-refractivity contribution >= 4 is 21.8 Å². The van der Waals surface area contributed by atoms with E-state index in [0.29, 0.717) is 10.8 Å². The Bertz CT molecular complexity index is 693. The van der Waals surface area contributed by atoms with Gasteiger partial charge >= 0.3 is 10.2 Å². The number of para-hydroxylation sites is 1. The molecule has 0 aliphatic carbocycles. The van der Waals surface area contributed by atoms with Crippen LogP contribution >= 0.6 is 0 Å². The van der Waals surface area contributed by atoms with Crippen molar-refractivity contribution in [2.75, 3.05) is 40.3 Å². The molecule has 24 heavy (non-hydrogen) atoms. The van der Waals surface area contributed by atoms with Crippen LogP contribution in [-0.2, 0) is 10.2 Å². The van der Waals surface area contributed by atoms with E-state index in [2.05, 4.69) is 0 Å². The summed E-state index contributed by atoms with van der Waals surface area (Å²) in [5, 5.41) is 19.9. The number of nitro groups is 1. The molecule has 1 aromatic rings. The molecule has 0 fully saturated rings. The monoisotopic (exact) mass is 360 g/mol. The fraction of sp³-hybridized carbons (Fsp3) is 0.462. The van der Waals surface area contributed by atoms with Crippen molar-refractivity contribution in [2.24, 2.45) is 0 Å². The van der Waals surface area contributed by atoms with Gasteiger partial charge in [-0.3, -0.25) is 14.9 Å². The molecule has 0 saturated carbocycles. The summed E-state index contributed by atoms with van der Waals surface area (Å²) in [6.07, 6.45) is 0. The summed E-state index contributed by atoms with van der Waals surface area (Å²) in [5.41, 5.74) is -0.784. The third-order valence-corrected chi connectivity index (χ3v) is 4.72. The average Bonchev–Trinajstić information content (AvgIpc) is 2.54. The first kappa shape index (κ1) is 20.0. The molecule has 11 heteroatoms. The summed E-state index contributed by atoms with van der Waals surface area (Å²) >= 11 is 0. The van der Waals surface area contributed by atoms with Crippen molar-refractivity contribution in [1.29, 1.82) is 0 Å². The fourth-order valence-corrected chi connectivity index (χ4v) is 2.79. The maximum atomic E-state index is 12.6. The third-order valence-electron chi connectivity index (χ3n) is 3.27. The van der Waals surface area contributed by atoms with Crippen LogP contribution in [0.5, 0.6) is 0 Å². The summed E-state index contributed by atoms with van der Waals surface area (Å²) in [4.78, 5) is 24.5. The minimum Gasteiger partial charge on any atom is -0.395 e. The quantitative estimate of drug-likeness (QED) is 0.445. The van der Waals surface area contributed by atoms with Crippen molar-refractivity contribution in [1.82, 2.24) is 13.9 Å². The largest absolute Gasteiger partial charge is 0.395 e. The topological polar surface area (TPSA) is 133 Å². The summed E-state index contributed by atoms with van der Waals surface area (Å²) in [6.45, 7) is 0.124. The Morgan fingerprint density at radius 1 is 1.29 bits per heavy atom. The first-order valence-electron chi connectivity index (χ1n) is 7.03. The minimum atomic E-state index is -4.14. The summed E-state index contributed by atoms with van der Waals surface area (Å²) in [6, 6.07) is 5.15. The van der Waals surface area contributed by atoms with Crippen molar-refractivity contribution in [3.8, 4) is 0 Å². The molecule has 0 radical (unpaired) electrons. The molecule has 0 heterocycles. The number of rotatable bonds is 9. The number of nitro benzene ring substituents is 1. The minimum absolute atomic E-state index is 0.118. The van der Waals surface area contributed by atoms with Gasteiger partial charge in [0.2, 0.25) is 0 Å². The van der Waals surface area contributed by atoms with Gasteiger partial charge in [0.05, 0.1) is 18.1 Å². The van der Waals surface area contributed by atoms with Crippen LogP contribution in [-0.4, -0.2) is 73.9 Å². The molecular formula is C13H20N4O6S. The van der Waals surface area contributed by atoms with Gasteiger partial charge in [-0.25, -0.2) is 9.03 Å². The van der Waals surface area contributed by atoms with Gasteiger partial charge in [0.25, 0.3) is 11.6 Å². The third kappa shape index (κ3) is 4.96. The number of aliphatic hydroxyl groups is 1. The van der Waals surface area contributed by atoms with Gasteiger partial charge in [0, 0.05) is 26.2 Å². The lowest BCUT2D eigenvalue weighted by atomic mass is 10.1. The van der Waals surface area contributed by atoms with E-state index in [1.165, 1.54) is 18.2 Å². The fourth-order valence-electron chi connectivity index (χ4n) is 1.93. The lowest BCUT2D eigenvalue weighted by Crippen LogP contribution is -2.46. The molecule has 10 nitrogen and oxygen atoms in total. The Morgan fingerprint density at radius 2 is 1.92 bits per heavy atom. The lowest BCUT2D eigenvalue weighted by molar-refractivity contribution is -0.385. The van der Waals surface area contributed by atoms with Gasteiger partial charge in [-0.2, -0.15) is 8.42 Å². The smallest absolute Gasteiger partial charge is 0.303 e. The average molecular weight is 360 g/mol. The standard InChI is InChI=1S/C13H20N4O6S/c1-14-24(22,23)16(8-7-15(2)9-10-18)13(19)11-5-3-4-6-12(11)17(20)21/h3-6,14,18H,7-10H2,1-2H3. The van der Waals surface area contributed by atoms with Gasteiger partial charge in [0.1, 0.15) is 5.56 Å². The van der Waals surface area contributed by atoms with Crippen LogP contribution in [0.25, 0.3) is 0 Å². The van der Waals surface area contributed by atoms with E-state index in [0.717, 1.165) is 13.1 Å². The highest BCUT2D eigenvalue weighted by molar-refractivity contribution is 7.87. The second-order valence-corrected chi connectivity index (χ2v) is 6.69. The molecular weight excluding hydrogens is 340 g/mol. The Morgan fingerprint density at radius 3 is 2.46 bits per heavy atom. The second kappa shape index (κ2) is 8.68. The number of amides is 1. The maximum Gasteiger partial charge on any atom is 0.303 e. The second-order valence-electron chi connectivity index (χ2n) is 4.89. The number of aliphatic hydroxyl groups excluding tert-OH is 1. The van der Waals surface area contributed by atoms with Gasteiger partial charge in [-0.15, -0.1) is 0 Å². The summed E-state index contributed by atoms with van der Waals surface area (Å²) < 4.78 is 26.8. The van der Waals surface area contributed by atoms with Crippen LogP contribution in [0.2, 0.25) is 0 Å². The molecule has 2 N–H and O–H groups in total. The molecule has 0 atom stereocenters. The molecule has 0 bridgehead atoms. The Balaban J connectivity index is 3.16. The molecule has 0 aliphatic rings. The molecule has 0 saturated heterocycles. The molecule has 0 unspecified atom stereocenters. The van der Waals surface area contributed by atoms with Crippen LogP contribution in [0.4, 0.5) is 5.69 Å². The Labute approximate surface area is 140 Å². The molecule has 1 aromatic carbocycles. The first-order chi connectivity index (χ1) is 11.2. The Kier molecular flexibility index (Phi) is 7.22. The highest BCUT2D eigenvalue weighted by Crippen LogP contribution is 2.20. The van der Waals surface area contributed by atoms with Crippen molar-refractivity contribution in [3.05, 3.63) is 39.9 Å². The highest BCUT2D eigenvalue weighted by Gasteiger charge is 2.31. The number of carbonyl (C=O) groups excluding carboxylic acids is 1. The summed E-state index contributed by atoms with van der Waals surface area (Å²) in [7, 11) is -1.34. The maximum absolute atomic E-state index is 12.6. The number of likely N-dealkylation sites (N-methyl/N-ethyl adjacent to an activating group) is 1. The number of hydrogen-bond donors (Lipinski definition) is 2. The molecule has 1 amide bonds. The SMILES string of the molecule is CNS(=O)(=O)N(CCN(C)CCO)C(=O)c1ccccc1[N+](=O)[O-]. The van der Waals surface area contributed by atoms with E-state index in [1.807, 2.05) is 4.72 Å². The van der Waals surface area contributed by atoms with Crippen LogP contribution in [0.1, 0.15) is 10.4 Å². The van der Waals surface area contributed by atoms with Crippen molar-refractivity contribution in [2.45, 2.75) is 0 Å². The number of carbonyl (C=O) groups is 1. The first-order valence-corrected chi connectivity index (χ1v) is 8.47. The van der Waals surface area contributed by atoms with Gasteiger partial charge in [-0.1, -0.05) is 12.1 Å². The zero-order valence-electron chi connectivity index (χ0n) is 13.4. The zero-order chi connectivity index (χ0) is 18.3. The van der Waals surface area contributed by atoms with Gasteiger partial charge in [0.15, 0.2) is 0 Å². The van der Waals surface area contributed by atoms with Crippen LogP contribution < -0.4 is 4.72 Å². The van der Waals surface area contributed by atoms with Crippen LogP contribution in [0, 0.1) is 10.1 Å². The van der Waals surface area contributed by atoms with Crippen molar-refractivity contribution < 1.29 is 23.2 Å². The van der Waals surface area contributed by atoms with Gasteiger partial charge in [-0.05, 0) is 13.1 Å². The summed E-state index contributed by atoms with van der Waals surface area (Å²) in [5.74, 6) is -0.992. The molecule has 0 aliphatic heterocycles. The normalized spacial score (nSPS) is 11.5. The number of nitrogens with zero attached hydrogens (tertiary/aromatic N) is 3. The van der Waals surface area contributed by atoms with Crippen LogP contribution in [0.15, 0.2) is 24.3 Å².